The average Bonchev–Trinajstić information content (AvgIpc) is 2.34. The van der Waals surface area contributed by atoms with Gasteiger partial charge in [-0.1, -0.05) is 22.0 Å². The molecule has 1 heterocycles. The molecule has 0 unspecified atom stereocenters. The van der Waals surface area contributed by atoms with Crippen LogP contribution < -0.4 is 4.74 Å². The van der Waals surface area contributed by atoms with Gasteiger partial charge < -0.3 is 9.84 Å². The molecule has 1 aromatic carbocycles. The van der Waals surface area contributed by atoms with E-state index in [-0.39, 0.29) is 6.61 Å². The van der Waals surface area contributed by atoms with Crippen molar-refractivity contribution in [1.82, 2.24) is 9.97 Å². The highest BCUT2D eigenvalue weighted by molar-refractivity contribution is 9.10. The lowest BCUT2D eigenvalue weighted by atomic mass is 10.2. The number of rotatable bonds is 3. The number of benzene rings is 1. The van der Waals surface area contributed by atoms with Gasteiger partial charge in [0, 0.05) is 4.47 Å². The number of aromatic nitrogens is 2. The largest absolute Gasteiger partial charge is 0.437 e. The number of aryl methyl sites for hydroxylation is 1. The lowest BCUT2D eigenvalue weighted by Gasteiger charge is -2.08. The van der Waals surface area contributed by atoms with Gasteiger partial charge in [0.2, 0.25) is 5.88 Å². The van der Waals surface area contributed by atoms with E-state index in [9.17, 15) is 0 Å². The maximum absolute atomic E-state index is 8.96. The highest BCUT2D eigenvalue weighted by Crippen LogP contribution is 2.26. The van der Waals surface area contributed by atoms with Crippen LogP contribution in [0.3, 0.4) is 0 Å². The molecule has 0 aliphatic heterocycles. The molecule has 0 aliphatic rings. The van der Waals surface area contributed by atoms with E-state index in [0.29, 0.717) is 17.3 Å². The number of nitrogens with zero attached hydrogens (tertiary/aromatic N) is 2. The van der Waals surface area contributed by atoms with Gasteiger partial charge in [0.15, 0.2) is 0 Å². The van der Waals surface area contributed by atoms with Gasteiger partial charge >= 0.3 is 0 Å². The van der Waals surface area contributed by atoms with Crippen molar-refractivity contribution in [3.8, 4) is 11.6 Å². The minimum atomic E-state index is -0.151. The minimum Gasteiger partial charge on any atom is -0.437 e. The molecule has 0 atom stereocenters. The molecule has 0 aliphatic carbocycles. The van der Waals surface area contributed by atoms with Gasteiger partial charge in [0.05, 0.1) is 24.7 Å². The summed E-state index contributed by atoms with van der Waals surface area (Å²) in [4.78, 5) is 8.05. The topological polar surface area (TPSA) is 55.2 Å². The number of aliphatic hydroxyl groups excluding tert-OH is 1. The fourth-order valence-electron chi connectivity index (χ4n) is 1.31. The average molecular weight is 295 g/mol. The third kappa shape index (κ3) is 3.01. The Morgan fingerprint density at radius 3 is 2.94 bits per heavy atom. The van der Waals surface area contributed by atoms with Gasteiger partial charge in [-0.05, 0) is 24.6 Å². The van der Waals surface area contributed by atoms with Gasteiger partial charge in [-0.25, -0.2) is 4.98 Å². The fourth-order valence-corrected chi connectivity index (χ4v) is 1.65. The van der Waals surface area contributed by atoms with Crippen LogP contribution in [0.15, 0.2) is 35.1 Å². The van der Waals surface area contributed by atoms with Crippen molar-refractivity contribution in [3.05, 3.63) is 46.3 Å². The van der Waals surface area contributed by atoms with Crippen LogP contribution in [0, 0.1) is 6.92 Å². The number of halogens is 1. The molecular formula is C12H11BrN2O2. The highest BCUT2D eigenvalue weighted by atomic mass is 79.9. The van der Waals surface area contributed by atoms with E-state index in [1.807, 2.05) is 25.1 Å². The molecule has 88 valence electrons. The quantitative estimate of drug-likeness (QED) is 0.946. The summed E-state index contributed by atoms with van der Waals surface area (Å²) in [5.74, 6) is 1.08. The van der Waals surface area contributed by atoms with E-state index in [4.69, 9.17) is 9.84 Å². The van der Waals surface area contributed by atoms with Crippen molar-refractivity contribution in [2.24, 2.45) is 0 Å². The van der Waals surface area contributed by atoms with Gasteiger partial charge in [0.1, 0.15) is 5.75 Å². The third-order valence-electron chi connectivity index (χ3n) is 2.19. The number of ether oxygens (including phenoxy) is 1. The second kappa shape index (κ2) is 5.25. The Bertz CT molecular complexity index is 532. The molecule has 5 heteroatoms. The predicted octanol–water partition coefficient (Wildman–Crippen LogP) is 2.83. The minimum absolute atomic E-state index is 0.151. The molecule has 2 rings (SSSR count). The molecule has 1 aromatic heterocycles. The molecule has 1 N–H and O–H groups in total. The second-order valence-corrected chi connectivity index (χ2v) is 4.43. The molecule has 0 saturated carbocycles. The van der Waals surface area contributed by atoms with Crippen molar-refractivity contribution in [2.45, 2.75) is 13.5 Å². The molecule has 0 spiro atoms. The lowest BCUT2D eigenvalue weighted by molar-refractivity contribution is 0.274. The Kier molecular flexibility index (Phi) is 3.71. The van der Waals surface area contributed by atoms with E-state index in [1.54, 1.807) is 0 Å². The smallest absolute Gasteiger partial charge is 0.238 e. The monoisotopic (exact) mass is 294 g/mol. The molecule has 0 saturated heterocycles. The standard InChI is InChI=1S/C12H11BrN2O2/c1-8-2-3-9(13)4-11(8)17-12-6-14-5-10(7-16)15-12/h2-6,16H,7H2,1H3. The second-order valence-electron chi connectivity index (χ2n) is 3.52. The fraction of sp³-hybridized carbons (Fsp3) is 0.167. The van der Waals surface area contributed by atoms with Gasteiger partial charge in [-0.15, -0.1) is 0 Å². The van der Waals surface area contributed by atoms with Crippen molar-refractivity contribution in [3.63, 3.8) is 0 Å². The lowest BCUT2D eigenvalue weighted by Crippen LogP contribution is -1.95. The maximum atomic E-state index is 8.96. The number of hydrogen-bond acceptors (Lipinski definition) is 4. The maximum Gasteiger partial charge on any atom is 0.238 e. The molecular weight excluding hydrogens is 284 g/mol. The zero-order valence-electron chi connectivity index (χ0n) is 9.22. The molecule has 0 radical (unpaired) electrons. The van der Waals surface area contributed by atoms with Crippen molar-refractivity contribution >= 4 is 15.9 Å². The number of hydrogen-bond donors (Lipinski definition) is 1. The van der Waals surface area contributed by atoms with Crippen LogP contribution in [0.4, 0.5) is 0 Å². The van der Waals surface area contributed by atoms with E-state index in [0.717, 1.165) is 10.0 Å². The first-order valence-electron chi connectivity index (χ1n) is 5.05. The van der Waals surface area contributed by atoms with Crippen LogP contribution in [0.5, 0.6) is 11.6 Å². The first-order chi connectivity index (χ1) is 8.19. The molecule has 4 nitrogen and oxygen atoms in total. The van der Waals surface area contributed by atoms with Crippen LogP contribution in [-0.4, -0.2) is 15.1 Å². The van der Waals surface area contributed by atoms with Gasteiger partial charge in [-0.2, -0.15) is 0 Å². The van der Waals surface area contributed by atoms with Crippen LogP contribution in [-0.2, 0) is 6.61 Å². The van der Waals surface area contributed by atoms with E-state index >= 15 is 0 Å². The summed E-state index contributed by atoms with van der Waals surface area (Å²) < 4.78 is 6.55. The van der Waals surface area contributed by atoms with Crippen LogP contribution in [0.25, 0.3) is 0 Å². The third-order valence-corrected chi connectivity index (χ3v) is 2.68. The first-order valence-corrected chi connectivity index (χ1v) is 5.84. The summed E-state index contributed by atoms with van der Waals surface area (Å²) >= 11 is 3.38. The Morgan fingerprint density at radius 2 is 2.18 bits per heavy atom. The van der Waals surface area contributed by atoms with Crippen LogP contribution >= 0.6 is 15.9 Å². The molecule has 17 heavy (non-hydrogen) atoms. The Balaban J connectivity index is 2.27. The van der Waals surface area contributed by atoms with Gasteiger partial charge in [-0.3, -0.25) is 4.98 Å². The van der Waals surface area contributed by atoms with Crippen molar-refractivity contribution in [2.75, 3.05) is 0 Å². The van der Waals surface area contributed by atoms with E-state index in [2.05, 4.69) is 25.9 Å². The zero-order valence-corrected chi connectivity index (χ0v) is 10.8. The van der Waals surface area contributed by atoms with Crippen LogP contribution in [0.1, 0.15) is 11.3 Å². The molecule has 2 aromatic rings. The zero-order chi connectivity index (χ0) is 12.3. The van der Waals surface area contributed by atoms with Crippen molar-refractivity contribution < 1.29 is 9.84 Å². The molecule has 0 bridgehead atoms. The highest BCUT2D eigenvalue weighted by Gasteiger charge is 2.04. The summed E-state index contributed by atoms with van der Waals surface area (Å²) in [7, 11) is 0. The summed E-state index contributed by atoms with van der Waals surface area (Å²) in [6.07, 6.45) is 3.01. The summed E-state index contributed by atoms with van der Waals surface area (Å²) in [5.41, 5.74) is 1.49. The Hall–Kier alpha value is -1.46. The molecule has 0 amide bonds. The van der Waals surface area contributed by atoms with Crippen LogP contribution in [0.2, 0.25) is 0 Å². The normalized spacial score (nSPS) is 10.3. The van der Waals surface area contributed by atoms with Crippen molar-refractivity contribution in [1.29, 1.82) is 0 Å². The van der Waals surface area contributed by atoms with E-state index < -0.39 is 0 Å². The summed E-state index contributed by atoms with van der Waals surface area (Å²) in [6, 6.07) is 5.75. The van der Waals surface area contributed by atoms with E-state index in [1.165, 1.54) is 12.4 Å². The Morgan fingerprint density at radius 1 is 1.35 bits per heavy atom. The summed E-state index contributed by atoms with van der Waals surface area (Å²) in [6.45, 7) is 1.80. The molecule has 0 fully saturated rings. The van der Waals surface area contributed by atoms with Gasteiger partial charge in [0.25, 0.3) is 0 Å². The first kappa shape index (κ1) is 12.0. The Labute approximate surface area is 107 Å². The number of aliphatic hydroxyl groups is 1. The summed E-state index contributed by atoms with van der Waals surface area (Å²) in [5, 5.41) is 8.96. The SMILES string of the molecule is Cc1ccc(Br)cc1Oc1cncc(CO)n1. The predicted molar refractivity (Wildman–Crippen MR) is 66.9 cm³/mol.